The fourth-order valence-corrected chi connectivity index (χ4v) is 7.11. The first-order chi connectivity index (χ1) is 30.1. The maximum absolute atomic E-state index is 14.4. The number of nitrogens with two attached hydrogens (primary N) is 4. The van der Waals surface area contributed by atoms with Crippen LogP contribution in [0.4, 0.5) is 0 Å². The summed E-state index contributed by atoms with van der Waals surface area (Å²) in [5.41, 5.74) is 26.0. The van der Waals surface area contributed by atoms with Crippen molar-refractivity contribution < 1.29 is 47.8 Å². The number of aryl methyl sites for hydroxylation is 1. The van der Waals surface area contributed by atoms with E-state index >= 15 is 0 Å². The monoisotopic (exact) mass is 872 g/mol. The molecule has 18 heteroatoms. The molecule has 0 aromatic heterocycles. The summed E-state index contributed by atoms with van der Waals surface area (Å²) in [6.07, 6.45) is 0.481. The number of rotatable bonds is 20. The van der Waals surface area contributed by atoms with Gasteiger partial charge in [0.15, 0.2) is 12.4 Å². The molecule has 0 radical (unpaired) electrons. The third kappa shape index (κ3) is 13.8. The van der Waals surface area contributed by atoms with E-state index in [1.54, 1.807) is 68.4 Å². The Morgan fingerprint density at radius 1 is 0.810 bits per heavy atom. The summed E-state index contributed by atoms with van der Waals surface area (Å²) in [4.78, 5) is 92.8. The minimum Gasteiger partial charge on any atom is -0.492 e. The van der Waals surface area contributed by atoms with Crippen LogP contribution >= 0.6 is 0 Å². The van der Waals surface area contributed by atoms with Crippen LogP contribution in [-0.2, 0) is 39.9 Å². The molecule has 340 valence electrons. The van der Waals surface area contributed by atoms with Gasteiger partial charge in [0, 0.05) is 42.1 Å². The molecule has 0 spiro atoms. The lowest BCUT2D eigenvalue weighted by atomic mass is 9.85. The van der Waals surface area contributed by atoms with Crippen LogP contribution in [0.2, 0.25) is 0 Å². The molecule has 0 aliphatic carbocycles. The van der Waals surface area contributed by atoms with Crippen LogP contribution in [-0.4, -0.2) is 105 Å². The van der Waals surface area contributed by atoms with Crippen LogP contribution in [0.1, 0.15) is 73.0 Å². The van der Waals surface area contributed by atoms with Gasteiger partial charge >= 0.3 is 5.97 Å². The van der Waals surface area contributed by atoms with Gasteiger partial charge in [-0.3, -0.25) is 28.8 Å². The van der Waals surface area contributed by atoms with Gasteiger partial charge in [0.1, 0.15) is 42.8 Å². The molecule has 0 fully saturated rings. The van der Waals surface area contributed by atoms with E-state index in [0.29, 0.717) is 39.3 Å². The molecule has 0 saturated carbocycles. The van der Waals surface area contributed by atoms with Gasteiger partial charge in [-0.15, -0.1) is 0 Å². The number of benzene rings is 3. The fourth-order valence-electron chi connectivity index (χ4n) is 7.11. The molecule has 63 heavy (non-hydrogen) atoms. The number of carbonyl (C=O) groups excluding carboxylic acids is 7. The van der Waals surface area contributed by atoms with Gasteiger partial charge in [0.05, 0.1) is 12.0 Å². The molecular formula is C45H60N8O10. The van der Waals surface area contributed by atoms with E-state index in [0.717, 1.165) is 5.56 Å². The average molecular weight is 873 g/mol. The third-order valence-electron chi connectivity index (χ3n) is 10.6. The first-order valence-corrected chi connectivity index (χ1v) is 21.0. The van der Waals surface area contributed by atoms with Crippen molar-refractivity contribution in [1.29, 1.82) is 0 Å². The van der Waals surface area contributed by atoms with Crippen LogP contribution in [0.3, 0.4) is 0 Å². The minimum absolute atomic E-state index is 0.0742. The van der Waals surface area contributed by atoms with E-state index in [2.05, 4.69) is 21.3 Å². The smallest absolute Gasteiger partial charge is 0.328 e. The van der Waals surface area contributed by atoms with E-state index < -0.39 is 78.1 Å². The molecule has 1 aliphatic rings. The largest absolute Gasteiger partial charge is 0.492 e. The van der Waals surface area contributed by atoms with Crippen molar-refractivity contribution in [3.05, 3.63) is 82.9 Å². The first-order valence-electron chi connectivity index (χ1n) is 21.0. The molecule has 3 aromatic rings. The Morgan fingerprint density at radius 2 is 1.46 bits per heavy atom. The van der Waals surface area contributed by atoms with Gasteiger partial charge in [-0.25, -0.2) is 4.79 Å². The fraction of sp³-hybridized carbons (Fsp3) is 0.444. The number of primary amides is 1. The molecule has 5 amide bonds. The highest BCUT2D eigenvalue weighted by atomic mass is 16.5. The molecule has 1 aliphatic heterocycles. The number of carbonyl (C=O) groups is 7. The quantitative estimate of drug-likeness (QED) is 0.0724. The molecule has 4 rings (SSSR count). The van der Waals surface area contributed by atoms with Crippen molar-refractivity contribution in [3.63, 3.8) is 0 Å². The van der Waals surface area contributed by atoms with Gasteiger partial charge in [-0.2, -0.15) is 0 Å². The molecule has 18 nitrogen and oxygen atoms in total. The van der Waals surface area contributed by atoms with E-state index in [1.165, 1.54) is 13.8 Å². The molecule has 1 unspecified atom stereocenters. The van der Waals surface area contributed by atoms with Crippen LogP contribution < -0.4 is 53.7 Å². The maximum Gasteiger partial charge on any atom is 0.328 e. The Kier molecular flexibility index (Phi) is 18.6. The second-order valence-corrected chi connectivity index (χ2v) is 15.5. The zero-order chi connectivity index (χ0) is 46.2. The number of hydrogen-bond donors (Lipinski definition) is 8. The number of hydrogen-bond acceptors (Lipinski definition) is 13. The highest BCUT2D eigenvalue weighted by Crippen LogP contribution is 2.40. The number of Topliss-reactive ketones (excluding diaryl/α,β-unsaturated/α-hetero) is 1. The van der Waals surface area contributed by atoms with Crippen molar-refractivity contribution >= 4 is 41.3 Å². The van der Waals surface area contributed by atoms with Crippen LogP contribution in [0.25, 0.3) is 11.1 Å². The average Bonchev–Trinajstić information content (AvgIpc) is 3.26. The number of ketones is 1. The highest BCUT2D eigenvalue weighted by molar-refractivity contribution is 5.99. The topological polar surface area (TPSA) is 299 Å². The molecule has 3 aromatic carbocycles. The summed E-state index contributed by atoms with van der Waals surface area (Å²) in [6, 6.07) is 12.9. The van der Waals surface area contributed by atoms with Gasteiger partial charge < -0.3 is 58.4 Å². The predicted octanol–water partition coefficient (Wildman–Crippen LogP) is 0.632. The van der Waals surface area contributed by atoms with Crippen molar-refractivity contribution in [3.8, 4) is 22.6 Å². The Morgan fingerprint density at radius 3 is 2.10 bits per heavy atom. The standard InChI is InChI=1S/C45H60N8O10/c1-25-7-5-6-8-31(25)42(57)52-35(15-16-46)40(55)26(2)9-12-32-30-11-14-38(62-20-18-48)34(23-30)33-21-29(10-13-37(33)61-19-17-47)22-36(53-41(56)27(3)50-43(32)58)44(59)51-28(4)45(60)63-24-39(49)54/h5-8,10-11,13-14,21,23,26-28,32,35-36H,9,12,15-20,22,24,46-48H2,1-4H3,(H2,49,54)(H,50,58)(H,51,59)(H,52,57)(H,53,56)/t26?,27-,28-,32-,35-,36-/m0/s1. The zero-order valence-corrected chi connectivity index (χ0v) is 36.2. The molecule has 4 bridgehead atoms. The van der Waals surface area contributed by atoms with Crippen molar-refractivity contribution in [2.75, 3.05) is 39.5 Å². The second kappa shape index (κ2) is 23.7. The first kappa shape index (κ1) is 49.3. The summed E-state index contributed by atoms with van der Waals surface area (Å²) in [5.74, 6) is -5.16. The number of esters is 1. The Balaban J connectivity index is 1.75. The van der Waals surface area contributed by atoms with Gasteiger partial charge in [-0.05, 0) is 93.6 Å². The van der Waals surface area contributed by atoms with Gasteiger partial charge in [-0.1, -0.05) is 37.3 Å². The van der Waals surface area contributed by atoms with Gasteiger partial charge in [0.2, 0.25) is 17.7 Å². The lowest BCUT2D eigenvalue weighted by Crippen LogP contribution is -2.56. The summed E-state index contributed by atoms with van der Waals surface area (Å²) in [7, 11) is 0. The van der Waals surface area contributed by atoms with E-state index in [4.69, 9.17) is 37.1 Å². The summed E-state index contributed by atoms with van der Waals surface area (Å²) in [6.45, 7) is 6.52. The second-order valence-electron chi connectivity index (χ2n) is 15.5. The minimum atomic E-state index is -1.27. The van der Waals surface area contributed by atoms with Gasteiger partial charge in [0.25, 0.3) is 11.8 Å². The lowest BCUT2D eigenvalue weighted by Gasteiger charge is -2.27. The Labute approximate surface area is 366 Å². The summed E-state index contributed by atoms with van der Waals surface area (Å²) >= 11 is 0. The molecule has 1 heterocycles. The van der Waals surface area contributed by atoms with E-state index in [-0.39, 0.29) is 64.3 Å². The van der Waals surface area contributed by atoms with Crippen LogP contribution in [0, 0.1) is 12.8 Å². The molecular weight excluding hydrogens is 813 g/mol. The summed E-state index contributed by atoms with van der Waals surface area (Å²) < 4.78 is 17.0. The third-order valence-corrected chi connectivity index (χ3v) is 10.6. The normalized spacial score (nSPS) is 17.7. The number of amides is 5. The van der Waals surface area contributed by atoms with Crippen molar-refractivity contribution in [1.82, 2.24) is 21.3 Å². The number of fused-ring (bicyclic) bond motifs is 5. The summed E-state index contributed by atoms with van der Waals surface area (Å²) in [5, 5.41) is 10.9. The number of nitrogens with one attached hydrogen (secondary N) is 4. The molecule has 12 N–H and O–H groups in total. The van der Waals surface area contributed by atoms with E-state index in [1.807, 2.05) is 6.07 Å². The maximum atomic E-state index is 14.4. The van der Waals surface area contributed by atoms with E-state index in [9.17, 15) is 33.6 Å². The van der Waals surface area contributed by atoms with Crippen molar-refractivity contribution in [2.24, 2.45) is 28.9 Å². The SMILES string of the molecule is Cc1ccccc1C(=O)N[C@@H](CCN)C(=O)C(C)CC[C@@H]1C(=O)N[C@@H](C)C(=O)N[C@H](C(=O)N[C@@H](C)C(=O)OCC(N)=O)Cc2ccc(OCCN)c(c2)-c2cc1ccc2OCCN. The number of ether oxygens (including phenoxy) is 3. The van der Waals surface area contributed by atoms with Crippen LogP contribution in [0.15, 0.2) is 60.7 Å². The zero-order valence-electron chi connectivity index (χ0n) is 36.2. The Hall–Kier alpha value is -6.37. The highest BCUT2D eigenvalue weighted by Gasteiger charge is 2.33. The van der Waals surface area contributed by atoms with Crippen LogP contribution in [0.5, 0.6) is 11.5 Å². The molecule has 6 atom stereocenters. The lowest BCUT2D eigenvalue weighted by molar-refractivity contribution is -0.150. The Bertz CT molecular complexity index is 2130. The van der Waals surface area contributed by atoms with Crippen molar-refractivity contribution in [2.45, 2.75) is 83.5 Å². The predicted molar refractivity (Wildman–Crippen MR) is 234 cm³/mol. The molecule has 0 saturated heterocycles.